The van der Waals surface area contributed by atoms with Crippen LogP contribution in [-0.4, -0.2) is 12.0 Å². The first-order chi connectivity index (χ1) is 7.54. The molecule has 0 saturated carbocycles. The van der Waals surface area contributed by atoms with Crippen LogP contribution in [0.3, 0.4) is 0 Å². The van der Waals surface area contributed by atoms with Crippen molar-refractivity contribution in [2.24, 2.45) is 5.92 Å². The van der Waals surface area contributed by atoms with E-state index in [9.17, 15) is 0 Å². The van der Waals surface area contributed by atoms with E-state index in [1.54, 1.807) is 0 Å². The largest absolute Gasteiger partial charge is 0.312 e. The van der Waals surface area contributed by atoms with Gasteiger partial charge < -0.3 is 5.32 Å². The lowest BCUT2D eigenvalue weighted by molar-refractivity contribution is 0.456. The van der Waals surface area contributed by atoms with Gasteiger partial charge >= 0.3 is 0 Å². The fourth-order valence-electron chi connectivity index (χ4n) is 2.01. The highest BCUT2D eigenvalue weighted by Gasteiger charge is 2.13. The summed E-state index contributed by atoms with van der Waals surface area (Å²) >= 11 is 0. The van der Waals surface area contributed by atoms with E-state index in [-0.39, 0.29) is 0 Å². The Labute approximate surface area is 99.5 Å². The fourth-order valence-corrected chi connectivity index (χ4v) is 2.01. The first kappa shape index (κ1) is 13.2. The second kappa shape index (κ2) is 6.00. The van der Waals surface area contributed by atoms with Gasteiger partial charge in [-0.2, -0.15) is 0 Å². The third kappa shape index (κ3) is 3.60. The van der Waals surface area contributed by atoms with E-state index < -0.39 is 0 Å². The summed E-state index contributed by atoms with van der Waals surface area (Å²) in [6, 6.07) is 2.60. The number of nitrogens with one attached hydrogen (secondary N) is 1. The first-order valence-electron chi connectivity index (χ1n) is 6.15. The van der Waals surface area contributed by atoms with Gasteiger partial charge in [0.1, 0.15) is 0 Å². The highest BCUT2D eigenvalue weighted by atomic mass is 14.9. The average Bonchev–Trinajstić information content (AvgIpc) is 2.21. The minimum absolute atomic E-state index is 0.392. The summed E-state index contributed by atoms with van der Waals surface area (Å²) in [5.74, 6) is 0.751. The smallest absolute Gasteiger partial charge is 0.0602 e. The third-order valence-electron chi connectivity index (χ3n) is 2.97. The van der Waals surface area contributed by atoms with Gasteiger partial charge in [-0.15, -0.1) is 0 Å². The highest BCUT2D eigenvalue weighted by molar-refractivity contribution is 5.25. The van der Waals surface area contributed by atoms with Crippen LogP contribution in [-0.2, 0) is 0 Å². The number of aryl methyl sites for hydroxylation is 2. The quantitative estimate of drug-likeness (QED) is 0.822. The zero-order valence-electron chi connectivity index (χ0n) is 11.2. The molecule has 0 saturated heterocycles. The molecular weight excluding hydrogens is 196 g/mol. The molecule has 90 valence electrons. The molecule has 0 bridgehead atoms. The average molecular weight is 220 g/mol. The number of hydrogen-bond donors (Lipinski definition) is 1. The molecule has 0 aromatic carbocycles. The van der Waals surface area contributed by atoms with Gasteiger partial charge in [0.15, 0.2) is 0 Å². The Balaban J connectivity index is 2.78. The van der Waals surface area contributed by atoms with Crippen LogP contribution in [0.1, 0.15) is 49.6 Å². The molecule has 1 rings (SSSR count). The molecule has 16 heavy (non-hydrogen) atoms. The number of rotatable bonds is 5. The first-order valence-corrected chi connectivity index (χ1v) is 6.15. The molecule has 0 aliphatic rings. The number of aromatic nitrogens is 1. The molecule has 1 aromatic heterocycles. The molecule has 0 amide bonds. The highest BCUT2D eigenvalue weighted by Crippen LogP contribution is 2.22. The van der Waals surface area contributed by atoms with E-state index in [4.69, 9.17) is 0 Å². The molecular formula is C14H24N2. The summed E-state index contributed by atoms with van der Waals surface area (Å²) in [5, 5.41) is 3.37. The summed E-state index contributed by atoms with van der Waals surface area (Å²) < 4.78 is 0. The van der Waals surface area contributed by atoms with Crippen LogP contribution in [0.25, 0.3) is 0 Å². The number of hydrogen-bond acceptors (Lipinski definition) is 2. The van der Waals surface area contributed by atoms with Crippen LogP contribution in [0, 0.1) is 19.8 Å². The number of nitrogens with zero attached hydrogens (tertiary/aromatic N) is 1. The van der Waals surface area contributed by atoms with Gasteiger partial charge in [0.2, 0.25) is 0 Å². The molecule has 0 radical (unpaired) electrons. The molecule has 1 aromatic rings. The molecule has 2 heteroatoms. The monoisotopic (exact) mass is 220 g/mol. The van der Waals surface area contributed by atoms with E-state index >= 15 is 0 Å². The zero-order chi connectivity index (χ0) is 12.1. The van der Waals surface area contributed by atoms with Crippen LogP contribution >= 0.6 is 0 Å². The van der Waals surface area contributed by atoms with E-state index in [0.29, 0.717) is 6.04 Å². The Bertz CT molecular complexity index is 332. The van der Waals surface area contributed by atoms with Crippen molar-refractivity contribution >= 4 is 0 Å². The van der Waals surface area contributed by atoms with Gasteiger partial charge in [0.25, 0.3) is 0 Å². The lowest BCUT2D eigenvalue weighted by atomic mass is 9.98. The summed E-state index contributed by atoms with van der Waals surface area (Å²) in [6.07, 6.45) is 4.35. The van der Waals surface area contributed by atoms with Gasteiger partial charge in [0.05, 0.1) is 5.69 Å². The predicted molar refractivity (Wildman–Crippen MR) is 69.6 cm³/mol. The molecule has 0 aliphatic carbocycles. The SMILES string of the molecule is CNC(CCC(C)C)c1ncc(C)cc1C. The summed E-state index contributed by atoms with van der Waals surface area (Å²) in [4.78, 5) is 4.56. The van der Waals surface area contributed by atoms with Crippen molar-refractivity contribution < 1.29 is 0 Å². The van der Waals surface area contributed by atoms with E-state index in [2.05, 4.69) is 44.1 Å². The summed E-state index contributed by atoms with van der Waals surface area (Å²) in [5.41, 5.74) is 3.73. The molecule has 0 spiro atoms. The second-order valence-electron chi connectivity index (χ2n) is 5.03. The second-order valence-corrected chi connectivity index (χ2v) is 5.03. The van der Waals surface area contributed by atoms with Crippen molar-refractivity contribution in [3.8, 4) is 0 Å². The predicted octanol–water partition coefficient (Wildman–Crippen LogP) is 3.40. The molecule has 1 unspecified atom stereocenters. The van der Waals surface area contributed by atoms with Gasteiger partial charge in [-0.25, -0.2) is 0 Å². The molecule has 2 nitrogen and oxygen atoms in total. The lowest BCUT2D eigenvalue weighted by Crippen LogP contribution is -2.19. The van der Waals surface area contributed by atoms with Crippen molar-refractivity contribution in [3.63, 3.8) is 0 Å². The molecule has 1 atom stereocenters. The molecule has 0 aliphatic heterocycles. The Morgan fingerprint density at radius 1 is 1.25 bits per heavy atom. The van der Waals surface area contributed by atoms with Crippen molar-refractivity contribution in [1.82, 2.24) is 10.3 Å². The van der Waals surface area contributed by atoms with Crippen LogP contribution in [0.5, 0.6) is 0 Å². The van der Waals surface area contributed by atoms with E-state index in [1.807, 2.05) is 13.2 Å². The Kier molecular flexibility index (Phi) is 4.94. The van der Waals surface area contributed by atoms with Gasteiger partial charge in [-0.3, -0.25) is 4.98 Å². The van der Waals surface area contributed by atoms with Crippen LogP contribution in [0.15, 0.2) is 12.3 Å². The maximum absolute atomic E-state index is 4.56. The van der Waals surface area contributed by atoms with Crippen LogP contribution in [0.4, 0.5) is 0 Å². The summed E-state index contributed by atoms with van der Waals surface area (Å²) in [6.45, 7) is 8.77. The van der Waals surface area contributed by atoms with E-state index in [0.717, 1.165) is 12.3 Å². The van der Waals surface area contributed by atoms with Crippen molar-refractivity contribution in [2.75, 3.05) is 7.05 Å². The van der Waals surface area contributed by atoms with Gasteiger partial charge in [-0.1, -0.05) is 19.9 Å². The van der Waals surface area contributed by atoms with Crippen LogP contribution < -0.4 is 5.32 Å². The maximum Gasteiger partial charge on any atom is 0.0602 e. The van der Waals surface area contributed by atoms with Gasteiger partial charge in [-0.05, 0) is 50.8 Å². The van der Waals surface area contributed by atoms with Gasteiger partial charge in [0, 0.05) is 12.2 Å². The topological polar surface area (TPSA) is 24.9 Å². The summed E-state index contributed by atoms with van der Waals surface area (Å²) in [7, 11) is 2.02. The Morgan fingerprint density at radius 2 is 1.94 bits per heavy atom. The Hall–Kier alpha value is -0.890. The standard InChI is InChI=1S/C14H24N2/c1-10(2)6-7-13(15-5)14-12(4)8-11(3)9-16-14/h8-10,13,15H,6-7H2,1-5H3. The molecule has 1 heterocycles. The van der Waals surface area contributed by atoms with Crippen molar-refractivity contribution in [2.45, 2.75) is 46.6 Å². The minimum Gasteiger partial charge on any atom is -0.312 e. The normalized spacial score (nSPS) is 13.1. The van der Waals surface area contributed by atoms with Crippen molar-refractivity contribution in [3.05, 3.63) is 29.1 Å². The third-order valence-corrected chi connectivity index (χ3v) is 2.97. The maximum atomic E-state index is 4.56. The lowest BCUT2D eigenvalue weighted by Gasteiger charge is -2.19. The molecule has 0 fully saturated rings. The van der Waals surface area contributed by atoms with Crippen molar-refractivity contribution in [1.29, 1.82) is 0 Å². The van der Waals surface area contributed by atoms with E-state index in [1.165, 1.54) is 23.2 Å². The fraction of sp³-hybridized carbons (Fsp3) is 0.643. The number of pyridine rings is 1. The van der Waals surface area contributed by atoms with Crippen LogP contribution in [0.2, 0.25) is 0 Å². The Morgan fingerprint density at radius 3 is 2.44 bits per heavy atom. The molecule has 1 N–H and O–H groups in total. The zero-order valence-corrected chi connectivity index (χ0v) is 11.2. The minimum atomic E-state index is 0.392.